The molecule has 4 rings (SSSR count). The Morgan fingerprint density at radius 2 is 1.97 bits per heavy atom. The number of ether oxygens (including phenoxy) is 3. The highest BCUT2D eigenvalue weighted by atomic mass is 16.6. The molecular weight excluding hydrogens is 374 g/mol. The molecule has 2 aromatic rings. The van der Waals surface area contributed by atoms with Gasteiger partial charge in [0, 0.05) is 18.8 Å². The Morgan fingerprint density at radius 1 is 1.21 bits per heavy atom. The molecule has 2 aliphatic rings. The van der Waals surface area contributed by atoms with Crippen LogP contribution in [0.1, 0.15) is 30.3 Å². The molecule has 2 aliphatic heterocycles. The SMILES string of the molecule is CC1Oc2ccccc2OC1C(=O)N1CCCC(Oc2ccnc(C(N)=O)c2)C1. The average Bonchev–Trinajstić information content (AvgIpc) is 2.73. The third kappa shape index (κ3) is 4.11. The zero-order valence-electron chi connectivity index (χ0n) is 16.1. The molecule has 3 unspecified atom stereocenters. The summed E-state index contributed by atoms with van der Waals surface area (Å²) in [5, 5.41) is 0. The lowest BCUT2D eigenvalue weighted by Crippen LogP contribution is -2.54. The predicted molar refractivity (Wildman–Crippen MR) is 104 cm³/mol. The first-order chi connectivity index (χ1) is 14.0. The number of para-hydroxylation sites is 2. The Morgan fingerprint density at radius 3 is 2.72 bits per heavy atom. The molecule has 8 nitrogen and oxygen atoms in total. The van der Waals surface area contributed by atoms with Gasteiger partial charge in [0.15, 0.2) is 11.5 Å². The summed E-state index contributed by atoms with van der Waals surface area (Å²) >= 11 is 0. The van der Waals surface area contributed by atoms with Gasteiger partial charge in [-0.2, -0.15) is 0 Å². The lowest BCUT2D eigenvalue weighted by atomic mass is 10.1. The number of amides is 2. The number of hydrogen-bond acceptors (Lipinski definition) is 6. The van der Waals surface area contributed by atoms with Crippen molar-refractivity contribution in [2.75, 3.05) is 13.1 Å². The van der Waals surface area contributed by atoms with Crippen molar-refractivity contribution in [2.45, 2.75) is 38.1 Å². The van der Waals surface area contributed by atoms with Crippen molar-refractivity contribution in [3.63, 3.8) is 0 Å². The van der Waals surface area contributed by atoms with E-state index in [1.807, 2.05) is 25.1 Å². The summed E-state index contributed by atoms with van der Waals surface area (Å²) in [6.07, 6.45) is 1.81. The van der Waals surface area contributed by atoms with E-state index in [0.717, 1.165) is 12.8 Å². The number of rotatable bonds is 4. The lowest BCUT2D eigenvalue weighted by molar-refractivity contribution is -0.147. The van der Waals surface area contributed by atoms with Crippen molar-refractivity contribution in [3.05, 3.63) is 48.3 Å². The van der Waals surface area contributed by atoms with Crippen molar-refractivity contribution >= 4 is 11.8 Å². The second-order valence-corrected chi connectivity index (χ2v) is 7.22. The van der Waals surface area contributed by atoms with Crippen LogP contribution in [0.3, 0.4) is 0 Å². The first-order valence-corrected chi connectivity index (χ1v) is 9.65. The highest BCUT2D eigenvalue weighted by molar-refractivity contribution is 5.91. The van der Waals surface area contributed by atoms with Gasteiger partial charge >= 0.3 is 0 Å². The van der Waals surface area contributed by atoms with Crippen LogP contribution in [0.15, 0.2) is 42.6 Å². The second kappa shape index (κ2) is 7.98. The number of carbonyl (C=O) groups is 2. The fourth-order valence-electron chi connectivity index (χ4n) is 3.62. The smallest absolute Gasteiger partial charge is 0.267 e. The van der Waals surface area contributed by atoms with E-state index >= 15 is 0 Å². The number of pyridine rings is 1. The average molecular weight is 397 g/mol. The maximum atomic E-state index is 13.1. The molecule has 0 spiro atoms. The van der Waals surface area contributed by atoms with Crippen molar-refractivity contribution < 1.29 is 23.8 Å². The second-order valence-electron chi connectivity index (χ2n) is 7.22. The van der Waals surface area contributed by atoms with Gasteiger partial charge < -0.3 is 24.8 Å². The fourth-order valence-corrected chi connectivity index (χ4v) is 3.62. The molecule has 152 valence electrons. The van der Waals surface area contributed by atoms with Crippen LogP contribution in [0.2, 0.25) is 0 Å². The van der Waals surface area contributed by atoms with Crippen LogP contribution < -0.4 is 19.9 Å². The van der Waals surface area contributed by atoms with Crippen molar-refractivity contribution in [2.24, 2.45) is 5.73 Å². The van der Waals surface area contributed by atoms with E-state index in [1.54, 1.807) is 17.0 Å². The van der Waals surface area contributed by atoms with E-state index < -0.39 is 18.1 Å². The number of nitrogens with zero attached hydrogens (tertiary/aromatic N) is 2. The van der Waals surface area contributed by atoms with Crippen LogP contribution in [0.25, 0.3) is 0 Å². The number of primary amides is 1. The molecule has 1 fully saturated rings. The molecule has 1 aromatic heterocycles. The van der Waals surface area contributed by atoms with Gasteiger partial charge in [-0.3, -0.25) is 14.6 Å². The van der Waals surface area contributed by atoms with Crippen LogP contribution in [0, 0.1) is 0 Å². The zero-order valence-corrected chi connectivity index (χ0v) is 16.1. The molecule has 0 aliphatic carbocycles. The summed E-state index contributed by atoms with van der Waals surface area (Å²) in [6.45, 7) is 2.90. The first-order valence-electron chi connectivity index (χ1n) is 9.65. The van der Waals surface area contributed by atoms with Gasteiger partial charge in [0.05, 0.1) is 6.54 Å². The molecular formula is C21H23N3O5. The molecule has 29 heavy (non-hydrogen) atoms. The van der Waals surface area contributed by atoms with E-state index in [-0.39, 0.29) is 17.7 Å². The Hall–Kier alpha value is -3.29. The van der Waals surface area contributed by atoms with Gasteiger partial charge in [-0.1, -0.05) is 12.1 Å². The summed E-state index contributed by atoms with van der Waals surface area (Å²) < 4.78 is 17.8. The topological polar surface area (TPSA) is 104 Å². The predicted octanol–water partition coefficient (Wildman–Crippen LogP) is 1.78. The van der Waals surface area contributed by atoms with Crippen LogP contribution in [-0.2, 0) is 4.79 Å². The molecule has 2 N–H and O–H groups in total. The van der Waals surface area contributed by atoms with Crippen LogP contribution >= 0.6 is 0 Å². The number of hydrogen-bond donors (Lipinski definition) is 1. The molecule has 1 aromatic carbocycles. The number of fused-ring (bicyclic) bond motifs is 1. The van der Waals surface area contributed by atoms with Gasteiger partial charge in [0.2, 0.25) is 6.10 Å². The highest BCUT2D eigenvalue weighted by Crippen LogP contribution is 2.34. The molecule has 3 heterocycles. The number of benzene rings is 1. The minimum Gasteiger partial charge on any atom is -0.488 e. The molecule has 0 saturated carbocycles. The molecule has 2 amide bonds. The van der Waals surface area contributed by atoms with E-state index in [0.29, 0.717) is 30.3 Å². The Labute approximate surface area is 168 Å². The van der Waals surface area contributed by atoms with Gasteiger partial charge in [-0.15, -0.1) is 0 Å². The molecule has 0 bridgehead atoms. The van der Waals surface area contributed by atoms with Crippen LogP contribution in [0.5, 0.6) is 17.2 Å². The number of nitrogens with two attached hydrogens (primary N) is 1. The Kier molecular flexibility index (Phi) is 5.24. The van der Waals surface area contributed by atoms with Crippen molar-refractivity contribution in [1.82, 2.24) is 9.88 Å². The lowest BCUT2D eigenvalue weighted by Gasteiger charge is -2.38. The quantitative estimate of drug-likeness (QED) is 0.843. The summed E-state index contributed by atoms with van der Waals surface area (Å²) in [6, 6.07) is 10.5. The number of aromatic nitrogens is 1. The molecule has 1 saturated heterocycles. The molecule has 0 radical (unpaired) electrons. The minimum absolute atomic E-state index is 0.118. The van der Waals surface area contributed by atoms with Gasteiger partial charge in [0.1, 0.15) is 23.7 Å². The van der Waals surface area contributed by atoms with Crippen LogP contribution in [-0.4, -0.2) is 53.1 Å². The summed E-state index contributed by atoms with van der Waals surface area (Å²) in [5.41, 5.74) is 5.42. The van der Waals surface area contributed by atoms with Crippen molar-refractivity contribution in [1.29, 1.82) is 0 Å². The van der Waals surface area contributed by atoms with E-state index in [4.69, 9.17) is 19.9 Å². The summed E-state index contributed by atoms with van der Waals surface area (Å²) in [4.78, 5) is 30.1. The summed E-state index contributed by atoms with van der Waals surface area (Å²) in [7, 11) is 0. The molecule has 3 atom stereocenters. The van der Waals surface area contributed by atoms with E-state index in [1.165, 1.54) is 12.3 Å². The van der Waals surface area contributed by atoms with Gasteiger partial charge in [0.25, 0.3) is 11.8 Å². The van der Waals surface area contributed by atoms with Gasteiger partial charge in [-0.25, -0.2) is 0 Å². The number of likely N-dealkylation sites (tertiary alicyclic amines) is 1. The van der Waals surface area contributed by atoms with Gasteiger partial charge in [-0.05, 0) is 38.0 Å². The van der Waals surface area contributed by atoms with Crippen molar-refractivity contribution in [3.8, 4) is 17.2 Å². The normalized spacial score (nSPS) is 23.3. The highest BCUT2D eigenvalue weighted by Gasteiger charge is 2.38. The summed E-state index contributed by atoms with van der Waals surface area (Å²) in [5.74, 6) is 0.997. The Balaban J connectivity index is 1.42. The van der Waals surface area contributed by atoms with Crippen LogP contribution in [0.4, 0.5) is 0 Å². The third-order valence-electron chi connectivity index (χ3n) is 5.06. The first kappa shape index (κ1) is 19.0. The fraction of sp³-hybridized carbons (Fsp3) is 0.381. The number of piperidine rings is 1. The third-order valence-corrected chi connectivity index (χ3v) is 5.06. The maximum Gasteiger partial charge on any atom is 0.267 e. The zero-order chi connectivity index (χ0) is 20.4. The van der Waals surface area contributed by atoms with E-state index in [2.05, 4.69) is 4.98 Å². The largest absolute Gasteiger partial charge is 0.488 e. The minimum atomic E-state index is -0.703. The number of carbonyl (C=O) groups excluding carboxylic acids is 2. The van der Waals surface area contributed by atoms with E-state index in [9.17, 15) is 9.59 Å². The Bertz CT molecular complexity index is 919. The maximum absolute atomic E-state index is 13.1. The monoisotopic (exact) mass is 397 g/mol. The molecule has 8 heteroatoms. The standard InChI is InChI=1S/C21H23N3O5/c1-13-19(29-18-7-3-2-6-17(18)27-13)21(26)24-10-4-5-15(12-24)28-14-8-9-23-16(11-14)20(22)25/h2-3,6-9,11,13,15,19H,4-5,10,12H2,1H3,(H2,22,25).